The summed E-state index contributed by atoms with van der Waals surface area (Å²) in [5.74, 6) is 0.388. The predicted octanol–water partition coefficient (Wildman–Crippen LogP) is 5.37. The molecular formula is C20H16BrO2P. The average molecular weight is 399 g/mol. The van der Waals surface area contributed by atoms with Crippen LogP contribution in [0.5, 0.6) is 0 Å². The molecule has 0 heterocycles. The Hall–Kier alpha value is -2.09. The molecule has 0 saturated carbocycles. The van der Waals surface area contributed by atoms with Crippen molar-refractivity contribution >= 4 is 39.7 Å². The summed E-state index contributed by atoms with van der Waals surface area (Å²) >= 11 is 3.40. The van der Waals surface area contributed by atoms with Gasteiger partial charge in [-0.15, -0.1) is 0 Å². The molecule has 0 amide bonds. The number of hydrogen-bond acceptors (Lipinski definition) is 2. The highest BCUT2D eigenvalue weighted by atomic mass is 79.9. The number of halogens is 1. The van der Waals surface area contributed by atoms with Gasteiger partial charge in [-0.3, -0.25) is 4.57 Å². The lowest BCUT2D eigenvalue weighted by Crippen LogP contribution is -2.17. The molecule has 0 aliphatic carbocycles. The molecule has 0 atom stereocenters. The lowest BCUT2D eigenvalue weighted by atomic mass is 10.2. The molecule has 0 radical (unpaired) electrons. The molecule has 3 aromatic carbocycles. The van der Waals surface area contributed by atoms with Crippen LogP contribution in [0.4, 0.5) is 0 Å². The Balaban J connectivity index is 2.02. The summed E-state index contributed by atoms with van der Waals surface area (Å²) in [5, 5.41) is 1.30. The second-order valence-corrected chi connectivity index (χ2v) is 8.48. The van der Waals surface area contributed by atoms with E-state index in [1.807, 2.05) is 84.9 Å². The monoisotopic (exact) mass is 398 g/mol. The van der Waals surface area contributed by atoms with E-state index in [1.165, 1.54) is 0 Å². The molecule has 0 saturated heterocycles. The van der Waals surface area contributed by atoms with Gasteiger partial charge >= 0.3 is 7.37 Å². The molecule has 0 unspecified atom stereocenters. The SMILES string of the molecule is C=C(OP(=O)(c1ccccc1)c1ccccc1)c1ccc(Br)cc1. The van der Waals surface area contributed by atoms with Crippen LogP contribution in [0.1, 0.15) is 5.56 Å². The highest BCUT2D eigenvalue weighted by Crippen LogP contribution is 2.48. The molecule has 0 N–H and O–H groups in total. The van der Waals surface area contributed by atoms with E-state index in [0.29, 0.717) is 16.4 Å². The van der Waals surface area contributed by atoms with E-state index in [-0.39, 0.29) is 0 Å². The topological polar surface area (TPSA) is 26.3 Å². The second-order valence-electron chi connectivity index (χ2n) is 5.24. The first kappa shape index (κ1) is 16.8. The highest BCUT2D eigenvalue weighted by molar-refractivity contribution is 9.10. The van der Waals surface area contributed by atoms with Crippen molar-refractivity contribution in [2.75, 3.05) is 0 Å². The van der Waals surface area contributed by atoms with Crippen molar-refractivity contribution in [3.63, 3.8) is 0 Å². The fraction of sp³-hybridized carbons (Fsp3) is 0. The molecule has 120 valence electrons. The van der Waals surface area contributed by atoms with Gasteiger partial charge in [0.05, 0.1) is 10.6 Å². The molecule has 24 heavy (non-hydrogen) atoms. The third-order valence-electron chi connectivity index (χ3n) is 3.60. The normalized spacial score (nSPS) is 11.0. The molecule has 0 spiro atoms. The van der Waals surface area contributed by atoms with E-state index in [9.17, 15) is 4.57 Å². The van der Waals surface area contributed by atoms with Gasteiger partial charge in [0, 0.05) is 10.0 Å². The first-order valence-electron chi connectivity index (χ1n) is 7.45. The van der Waals surface area contributed by atoms with E-state index in [4.69, 9.17) is 4.52 Å². The zero-order valence-corrected chi connectivity index (χ0v) is 15.4. The summed E-state index contributed by atoms with van der Waals surface area (Å²) in [6.45, 7) is 3.98. The Morgan fingerprint density at radius 3 is 1.71 bits per heavy atom. The second kappa shape index (κ2) is 7.21. The third-order valence-corrected chi connectivity index (χ3v) is 6.56. The van der Waals surface area contributed by atoms with Crippen molar-refractivity contribution in [1.82, 2.24) is 0 Å². The van der Waals surface area contributed by atoms with Crippen LogP contribution in [0.25, 0.3) is 5.76 Å². The maximum Gasteiger partial charge on any atom is 0.306 e. The van der Waals surface area contributed by atoms with Crippen molar-refractivity contribution in [2.24, 2.45) is 0 Å². The molecule has 0 bridgehead atoms. The van der Waals surface area contributed by atoms with Gasteiger partial charge in [-0.05, 0) is 36.4 Å². The lowest BCUT2D eigenvalue weighted by molar-refractivity contribution is 0.482. The van der Waals surface area contributed by atoms with Crippen LogP contribution < -0.4 is 10.6 Å². The summed E-state index contributed by atoms with van der Waals surface area (Å²) < 4.78 is 20.7. The van der Waals surface area contributed by atoms with Crippen LogP contribution in [-0.4, -0.2) is 0 Å². The lowest BCUT2D eigenvalue weighted by Gasteiger charge is -2.21. The smallest absolute Gasteiger partial charge is 0.306 e. The van der Waals surface area contributed by atoms with E-state index in [1.54, 1.807) is 0 Å². The maximum absolute atomic E-state index is 13.8. The van der Waals surface area contributed by atoms with Gasteiger partial charge in [-0.2, -0.15) is 0 Å². The van der Waals surface area contributed by atoms with E-state index in [2.05, 4.69) is 22.5 Å². The van der Waals surface area contributed by atoms with Gasteiger partial charge in [0.1, 0.15) is 5.76 Å². The molecule has 4 heteroatoms. The Labute approximate surface area is 150 Å². The molecule has 0 aliphatic heterocycles. The van der Waals surface area contributed by atoms with Gasteiger partial charge in [0.15, 0.2) is 0 Å². The molecule has 3 rings (SSSR count). The quantitative estimate of drug-likeness (QED) is 0.426. The molecule has 0 aliphatic rings. The van der Waals surface area contributed by atoms with Crippen LogP contribution in [0.2, 0.25) is 0 Å². The minimum Gasteiger partial charge on any atom is -0.437 e. The Bertz CT molecular complexity index is 831. The molecule has 0 fully saturated rings. The summed E-state index contributed by atoms with van der Waals surface area (Å²) in [6.07, 6.45) is 0. The number of hydrogen-bond donors (Lipinski definition) is 0. The van der Waals surface area contributed by atoms with Crippen molar-refractivity contribution in [3.05, 3.63) is 102 Å². The van der Waals surface area contributed by atoms with E-state index in [0.717, 1.165) is 10.0 Å². The van der Waals surface area contributed by atoms with E-state index < -0.39 is 7.37 Å². The number of rotatable bonds is 5. The highest BCUT2D eigenvalue weighted by Gasteiger charge is 2.30. The minimum atomic E-state index is -3.27. The molecule has 2 nitrogen and oxygen atoms in total. The van der Waals surface area contributed by atoms with Gasteiger partial charge in [0.25, 0.3) is 0 Å². The van der Waals surface area contributed by atoms with Crippen LogP contribution >= 0.6 is 23.3 Å². The Morgan fingerprint density at radius 1 is 0.792 bits per heavy atom. The van der Waals surface area contributed by atoms with Crippen molar-refractivity contribution in [3.8, 4) is 0 Å². The zero-order valence-electron chi connectivity index (χ0n) is 12.9. The van der Waals surface area contributed by atoms with Crippen molar-refractivity contribution in [1.29, 1.82) is 0 Å². The maximum atomic E-state index is 13.8. The van der Waals surface area contributed by atoms with Crippen LogP contribution in [0.3, 0.4) is 0 Å². The fourth-order valence-electron chi connectivity index (χ4n) is 2.35. The van der Waals surface area contributed by atoms with Gasteiger partial charge in [-0.1, -0.05) is 71.0 Å². The molecule has 0 aromatic heterocycles. The molecule has 3 aromatic rings. The van der Waals surface area contributed by atoms with Gasteiger partial charge in [0.2, 0.25) is 0 Å². The molecular weight excluding hydrogens is 383 g/mol. The standard InChI is InChI=1S/C20H16BrO2P/c1-16(17-12-14-18(21)15-13-17)23-24(22,19-8-4-2-5-9-19)20-10-6-3-7-11-20/h2-15H,1H2. The van der Waals surface area contributed by atoms with Gasteiger partial charge in [-0.25, -0.2) is 0 Å². The predicted molar refractivity (Wildman–Crippen MR) is 104 cm³/mol. The fourth-order valence-corrected chi connectivity index (χ4v) is 4.66. The summed E-state index contributed by atoms with van der Waals surface area (Å²) in [6, 6.07) is 26.1. The minimum absolute atomic E-state index is 0.388. The first-order chi connectivity index (χ1) is 11.6. The van der Waals surface area contributed by atoms with E-state index >= 15 is 0 Å². The average Bonchev–Trinajstić information content (AvgIpc) is 2.63. The van der Waals surface area contributed by atoms with Gasteiger partial charge < -0.3 is 4.52 Å². The summed E-state index contributed by atoms with van der Waals surface area (Å²) in [7, 11) is -3.27. The van der Waals surface area contributed by atoms with Crippen LogP contribution in [0, 0.1) is 0 Å². The van der Waals surface area contributed by atoms with Crippen LogP contribution in [0.15, 0.2) is 96.0 Å². The third kappa shape index (κ3) is 3.53. The van der Waals surface area contributed by atoms with Crippen molar-refractivity contribution < 1.29 is 9.09 Å². The Morgan fingerprint density at radius 2 is 1.25 bits per heavy atom. The largest absolute Gasteiger partial charge is 0.437 e. The summed E-state index contributed by atoms with van der Waals surface area (Å²) in [4.78, 5) is 0. The van der Waals surface area contributed by atoms with Crippen molar-refractivity contribution in [2.45, 2.75) is 0 Å². The number of benzene rings is 3. The summed E-state index contributed by atoms with van der Waals surface area (Å²) in [5.41, 5.74) is 0.797. The first-order valence-corrected chi connectivity index (χ1v) is 9.87. The Kier molecular flexibility index (Phi) is 5.03. The van der Waals surface area contributed by atoms with Crippen LogP contribution in [-0.2, 0) is 9.09 Å². The zero-order chi connectivity index (χ0) is 17.0.